The van der Waals surface area contributed by atoms with Crippen LogP contribution in [0.3, 0.4) is 0 Å². The monoisotopic (exact) mass is 376 g/mol. The minimum atomic E-state index is -0.329. The second-order valence-corrected chi connectivity index (χ2v) is 5.46. The zero-order valence-electron chi connectivity index (χ0n) is 11.0. The van der Waals surface area contributed by atoms with Crippen LogP contribution in [0.25, 0.3) is 0 Å². The highest BCUT2D eigenvalue weighted by Crippen LogP contribution is 2.29. The van der Waals surface area contributed by atoms with E-state index in [4.69, 9.17) is 14.4 Å². The fraction of sp³-hybridized carbons (Fsp3) is 0.462. The van der Waals surface area contributed by atoms with E-state index in [1.165, 1.54) is 9.13 Å². The number of hydrogen-bond donors (Lipinski definition) is 1. The van der Waals surface area contributed by atoms with Crippen LogP contribution in [0.5, 0.6) is 0 Å². The standard InChI is InChI=1S/C13H16INO2.HNO/c1-3-17-12-8-16-9-13(2,15-12)10-5-4-6-11(14)7-10;1-2/h4-7H,3,8-9H2,1-2H3;1H. The Kier molecular flexibility index (Phi) is 6.36. The van der Waals surface area contributed by atoms with E-state index in [0.29, 0.717) is 25.7 Å². The highest BCUT2D eigenvalue weighted by molar-refractivity contribution is 14.1. The largest absolute Gasteiger partial charge is 0.480 e. The van der Waals surface area contributed by atoms with Crippen LogP contribution in [0.4, 0.5) is 0 Å². The number of nitroso groups, excluding NO2 is 1. The van der Waals surface area contributed by atoms with Gasteiger partial charge < -0.3 is 9.47 Å². The van der Waals surface area contributed by atoms with Crippen LogP contribution in [0, 0.1) is 14.1 Å². The molecule has 0 bridgehead atoms. The molecule has 0 saturated heterocycles. The second-order valence-electron chi connectivity index (χ2n) is 4.22. The summed E-state index contributed by atoms with van der Waals surface area (Å²) >= 11 is 2.31. The third-order valence-corrected chi connectivity index (χ3v) is 3.41. The number of nitrogens with zero attached hydrogens (tertiary/aromatic N) is 1. The third-order valence-electron chi connectivity index (χ3n) is 2.74. The highest BCUT2D eigenvalue weighted by Gasteiger charge is 2.31. The van der Waals surface area contributed by atoms with E-state index in [9.17, 15) is 0 Å². The second kappa shape index (κ2) is 7.54. The van der Waals surface area contributed by atoms with Crippen molar-refractivity contribution in [2.75, 3.05) is 19.8 Å². The van der Waals surface area contributed by atoms with Crippen molar-refractivity contribution in [3.63, 3.8) is 0 Å². The first kappa shape index (κ1) is 16.0. The van der Waals surface area contributed by atoms with Crippen LogP contribution in [0.2, 0.25) is 0 Å². The summed E-state index contributed by atoms with van der Waals surface area (Å²) in [4.78, 5) is 12.2. The number of halogens is 1. The van der Waals surface area contributed by atoms with E-state index < -0.39 is 0 Å². The molecule has 1 aliphatic rings. The molecule has 0 spiro atoms. The van der Waals surface area contributed by atoms with Gasteiger partial charge in [0.25, 0.3) is 0 Å². The van der Waals surface area contributed by atoms with Crippen LogP contribution < -0.4 is 0 Å². The predicted octanol–water partition coefficient (Wildman–Crippen LogP) is 3.30. The number of aliphatic imine (C=N–C) groups is 1. The minimum absolute atomic E-state index is 0.329. The molecule has 1 aromatic rings. The predicted molar refractivity (Wildman–Crippen MR) is 82.5 cm³/mol. The smallest absolute Gasteiger partial charge is 0.211 e. The van der Waals surface area contributed by atoms with Gasteiger partial charge in [0.05, 0.1) is 13.2 Å². The molecule has 1 aromatic carbocycles. The van der Waals surface area contributed by atoms with Gasteiger partial charge in [0, 0.05) is 3.57 Å². The maximum atomic E-state index is 7.50. The number of ether oxygens (including phenoxy) is 2. The molecule has 1 aliphatic heterocycles. The molecule has 6 heteroatoms. The van der Waals surface area contributed by atoms with Crippen molar-refractivity contribution in [2.45, 2.75) is 19.4 Å². The Balaban J connectivity index is 0.000000861. The number of benzene rings is 1. The summed E-state index contributed by atoms with van der Waals surface area (Å²) < 4.78 is 12.2. The lowest BCUT2D eigenvalue weighted by Crippen LogP contribution is -2.35. The van der Waals surface area contributed by atoms with E-state index in [0.717, 1.165) is 0 Å². The van der Waals surface area contributed by atoms with Gasteiger partial charge in [-0.1, -0.05) is 17.7 Å². The van der Waals surface area contributed by atoms with Crippen molar-refractivity contribution in [2.24, 2.45) is 4.99 Å². The average Bonchev–Trinajstić information content (AvgIpc) is 2.42. The van der Waals surface area contributed by atoms with E-state index >= 15 is 0 Å². The maximum Gasteiger partial charge on any atom is 0.211 e. The highest BCUT2D eigenvalue weighted by atomic mass is 127. The molecule has 19 heavy (non-hydrogen) atoms. The molecule has 1 unspecified atom stereocenters. The average molecular weight is 376 g/mol. The molecular weight excluding hydrogens is 359 g/mol. The van der Waals surface area contributed by atoms with Gasteiger partial charge in [-0.25, -0.2) is 4.99 Å². The SMILES string of the molecule is CCOC1=NC(C)(c2cccc(I)c2)COC1.N=O. The molecule has 1 N–H and O–H groups in total. The van der Waals surface area contributed by atoms with Gasteiger partial charge in [-0.3, -0.25) is 0 Å². The Bertz CT molecular complexity index is 453. The fourth-order valence-electron chi connectivity index (χ4n) is 1.89. The lowest BCUT2D eigenvalue weighted by atomic mass is 9.93. The van der Waals surface area contributed by atoms with Gasteiger partial charge in [0.15, 0.2) is 0 Å². The fourth-order valence-corrected chi connectivity index (χ4v) is 2.43. The molecule has 0 fully saturated rings. The van der Waals surface area contributed by atoms with Crippen molar-refractivity contribution in [1.29, 1.82) is 5.59 Å². The lowest BCUT2D eigenvalue weighted by molar-refractivity contribution is 0.0861. The van der Waals surface area contributed by atoms with E-state index in [-0.39, 0.29) is 5.54 Å². The van der Waals surface area contributed by atoms with Crippen LogP contribution >= 0.6 is 22.6 Å². The van der Waals surface area contributed by atoms with Gasteiger partial charge in [-0.2, -0.15) is 4.91 Å². The lowest BCUT2D eigenvalue weighted by Gasteiger charge is -2.30. The molecule has 0 aromatic heterocycles. The van der Waals surface area contributed by atoms with Gasteiger partial charge in [-0.05, 0) is 54.1 Å². The van der Waals surface area contributed by atoms with E-state index in [1.54, 1.807) is 0 Å². The number of nitrogens with one attached hydrogen (secondary N) is 1. The summed E-state index contributed by atoms with van der Waals surface area (Å²) in [5, 5.41) is 0. The Morgan fingerprint density at radius 1 is 1.53 bits per heavy atom. The van der Waals surface area contributed by atoms with Gasteiger partial charge in [0.1, 0.15) is 12.1 Å². The number of rotatable bonds is 2. The van der Waals surface area contributed by atoms with Crippen LogP contribution in [-0.4, -0.2) is 25.7 Å². The Hall–Kier alpha value is -1.02. The zero-order valence-corrected chi connectivity index (χ0v) is 13.1. The van der Waals surface area contributed by atoms with Crippen molar-refractivity contribution in [3.8, 4) is 0 Å². The molecule has 2 rings (SSSR count). The van der Waals surface area contributed by atoms with Crippen molar-refractivity contribution < 1.29 is 9.47 Å². The van der Waals surface area contributed by atoms with Crippen LogP contribution in [-0.2, 0) is 15.0 Å². The van der Waals surface area contributed by atoms with Crippen molar-refractivity contribution in [3.05, 3.63) is 38.3 Å². The molecule has 0 radical (unpaired) electrons. The Morgan fingerprint density at radius 3 is 2.89 bits per heavy atom. The zero-order chi connectivity index (χ0) is 14.3. The molecule has 0 amide bonds. The topological polar surface area (TPSA) is 71.7 Å². The first-order valence-corrected chi connectivity index (χ1v) is 6.97. The van der Waals surface area contributed by atoms with Gasteiger partial charge in [-0.15, -0.1) is 0 Å². The molecule has 0 saturated carbocycles. The molecule has 0 aliphatic carbocycles. The van der Waals surface area contributed by atoms with Gasteiger partial charge >= 0.3 is 0 Å². The first-order chi connectivity index (χ1) is 9.14. The van der Waals surface area contributed by atoms with E-state index in [2.05, 4.69) is 58.3 Å². The van der Waals surface area contributed by atoms with Gasteiger partial charge in [0.2, 0.25) is 5.90 Å². The quantitative estimate of drug-likeness (QED) is 0.636. The number of hydrogen-bond acceptors (Lipinski definition) is 5. The third kappa shape index (κ3) is 4.24. The summed E-state index contributed by atoms with van der Waals surface area (Å²) in [6, 6.07) is 8.35. The molecule has 1 atom stereocenters. The summed E-state index contributed by atoms with van der Waals surface area (Å²) in [5.74, 6) is 0.695. The van der Waals surface area contributed by atoms with Crippen molar-refractivity contribution >= 4 is 28.5 Å². The van der Waals surface area contributed by atoms with Crippen molar-refractivity contribution in [1.82, 2.24) is 0 Å². The summed E-state index contributed by atoms with van der Waals surface area (Å²) in [6.45, 7) is 5.75. The molecule has 5 nitrogen and oxygen atoms in total. The molecule has 104 valence electrons. The summed E-state index contributed by atoms with van der Waals surface area (Å²) in [6.07, 6.45) is 0. The Morgan fingerprint density at radius 2 is 2.26 bits per heavy atom. The van der Waals surface area contributed by atoms with Crippen LogP contribution in [0.15, 0.2) is 29.3 Å². The van der Waals surface area contributed by atoms with Crippen LogP contribution in [0.1, 0.15) is 19.4 Å². The summed E-state index contributed by atoms with van der Waals surface area (Å²) in [5.41, 5.74) is 5.34. The normalized spacial score (nSPS) is 21.9. The van der Waals surface area contributed by atoms with E-state index in [1.807, 2.05) is 13.0 Å². The minimum Gasteiger partial charge on any atom is -0.480 e. The first-order valence-electron chi connectivity index (χ1n) is 5.90. The Labute approximate surface area is 126 Å². The summed E-state index contributed by atoms with van der Waals surface area (Å²) in [7, 11) is 0. The molecular formula is C13H17IN2O3. The maximum absolute atomic E-state index is 7.50. The molecule has 1 heterocycles.